The van der Waals surface area contributed by atoms with Crippen LogP contribution in [0.2, 0.25) is 5.02 Å². The highest BCUT2D eigenvalue weighted by molar-refractivity contribution is 6.30. The summed E-state index contributed by atoms with van der Waals surface area (Å²) in [5.74, 6) is -1.19. The highest BCUT2D eigenvalue weighted by Crippen LogP contribution is 2.24. The predicted octanol–water partition coefficient (Wildman–Crippen LogP) is 3.64. The Kier molecular flexibility index (Phi) is 5.00. The minimum Gasteiger partial charge on any atom is -0.490 e. The molecule has 0 saturated heterocycles. The second-order valence-electron chi connectivity index (χ2n) is 4.08. The van der Waals surface area contributed by atoms with Gasteiger partial charge in [0.15, 0.2) is 11.6 Å². The molecule has 2 aromatic carbocycles. The molecule has 6 heteroatoms. The highest BCUT2D eigenvalue weighted by Gasteiger charge is 2.07. The Balaban J connectivity index is 1.86. The monoisotopic (exact) mass is 310 g/mol. The Morgan fingerprint density at radius 3 is 2.62 bits per heavy atom. The van der Waals surface area contributed by atoms with E-state index in [0.717, 1.165) is 0 Å². The average Bonchev–Trinajstić information content (AvgIpc) is 2.48. The second-order valence-corrected chi connectivity index (χ2v) is 4.49. The maximum Gasteiger partial charge on any atom is 0.335 e. The Morgan fingerprint density at radius 2 is 1.86 bits per heavy atom. The normalized spacial score (nSPS) is 10.2. The number of benzene rings is 2. The fourth-order valence-corrected chi connectivity index (χ4v) is 1.79. The fourth-order valence-electron chi connectivity index (χ4n) is 1.63. The van der Waals surface area contributed by atoms with E-state index in [1.165, 1.54) is 24.3 Å². The van der Waals surface area contributed by atoms with E-state index in [1.807, 2.05) is 0 Å². The molecule has 0 amide bonds. The zero-order valence-corrected chi connectivity index (χ0v) is 11.6. The SMILES string of the molecule is O=C(O)c1cccc(OCCOc2cccc(Cl)c2F)c1. The van der Waals surface area contributed by atoms with Crippen LogP contribution in [0.4, 0.5) is 4.39 Å². The third-order valence-corrected chi connectivity index (χ3v) is 2.90. The Labute approximate surface area is 125 Å². The molecule has 0 aliphatic carbocycles. The number of hydrogen-bond donors (Lipinski definition) is 1. The van der Waals surface area contributed by atoms with Gasteiger partial charge in [0, 0.05) is 0 Å². The molecule has 0 aliphatic rings. The van der Waals surface area contributed by atoms with E-state index >= 15 is 0 Å². The minimum atomic E-state index is -1.03. The summed E-state index contributed by atoms with van der Waals surface area (Å²) in [5, 5.41) is 8.84. The van der Waals surface area contributed by atoms with Crippen LogP contribution in [0.5, 0.6) is 11.5 Å². The lowest BCUT2D eigenvalue weighted by Crippen LogP contribution is -2.10. The number of carboxylic acid groups (broad SMARTS) is 1. The standard InChI is InChI=1S/C15H12ClFO4/c16-12-5-2-6-13(14(12)17)21-8-7-20-11-4-1-3-10(9-11)15(18)19/h1-6,9H,7-8H2,(H,18,19). The molecule has 4 nitrogen and oxygen atoms in total. The van der Waals surface area contributed by atoms with Crippen LogP contribution in [0.15, 0.2) is 42.5 Å². The van der Waals surface area contributed by atoms with Gasteiger partial charge in [-0.05, 0) is 30.3 Å². The number of carboxylic acids is 1. The van der Waals surface area contributed by atoms with Crippen LogP contribution in [-0.4, -0.2) is 24.3 Å². The molecule has 0 aliphatic heterocycles. The lowest BCUT2D eigenvalue weighted by Gasteiger charge is -2.09. The van der Waals surface area contributed by atoms with Gasteiger partial charge >= 0.3 is 5.97 Å². The highest BCUT2D eigenvalue weighted by atomic mass is 35.5. The molecule has 0 fully saturated rings. The first kappa shape index (κ1) is 15.1. The van der Waals surface area contributed by atoms with Gasteiger partial charge in [0.25, 0.3) is 0 Å². The number of carbonyl (C=O) groups is 1. The van der Waals surface area contributed by atoms with Gasteiger partial charge in [0.05, 0.1) is 10.6 Å². The van der Waals surface area contributed by atoms with Crippen LogP contribution in [0.3, 0.4) is 0 Å². The van der Waals surface area contributed by atoms with Crippen LogP contribution >= 0.6 is 11.6 Å². The first-order chi connectivity index (χ1) is 10.1. The average molecular weight is 311 g/mol. The Bertz CT molecular complexity index is 645. The maximum atomic E-state index is 13.5. The molecule has 21 heavy (non-hydrogen) atoms. The van der Waals surface area contributed by atoms with Crippen LogP contribution in [-0.2, 0) is 0 Å². The molecule has 0 atom stereocenters. The van der Waals surface area contributed by atoms with E-state index in [4.69, 9.17) is 26.2 Å². The predicted molar refractivity (Wildman–Crippen MR) is 75.8 cm³/mol. The van der Waals surface area contributed by atoms with E-state index in [9.17, 15) is 9.18 Å². The number of rotatable bonds is 6. The zero-order chi connectivity index (χ0) is 15.2. The molecule has 2 rings (SSSR count). The number of ether oxygens (including phenoxy) is 2. The summed E-state index contributed by atoms with van der Waals surface area (Å²) in [6.45, 7) is 0.254. The molecule has 0 heterocycles. The first-order valence-corrected chi connectivity index (χ1v) is 6.48. The van der Waals surface area contributed by atoms with Crippen LogP contribution < -0.4 is 9.47 Å². The quantitative estimate of drug-likeness (QED) is 0.828. The summed E-state index contributed by atoms with van der Waals surface area (Å²) in [6, 6.07) is 10.6. The zero-order valence-electron chi connectivity index (χ0n) is 10.9. The van der Waals surface area contributed by atoms with Crippen LogP contribution in [0.1, 0.15) is 10.4 Å². The van der Waals surface area contributed by atoms with Crippen molar-refractivity contribution in [3.63, 3.8) is 0 Å². The summed E-state index contributed by atoms with van der Waals surface area (Å²) < 4.78 is 24.1. The van der Waals surface area contributed by atoms with Crippen molar-refractivity contribution in [3.05, 3.63) is 58.9 Å². The summed E-state index contributed by atoms with van der Waals surface area (Å²) in [7, 11) is 0. The smallest absolute Gasteiger partial charge is 0.335 e. The minimum absolute atomic E-state index is 0.0115. The lowest BCUT2D eigenvalue weighted by molar-refractivity contribution is 0.0696. The molecule has 0 unspecified atom stereocenters. The largest absolute Gasteiger partial charge is 0.490 e. The Hall–Kier alpha value is -2.27. The Morgan fingerprint density at radius 1 is 1.14 bits per heavy atom. The fraction of sp³-hybridized carbons (Fsp3) is 0.133. The third-order valence-electron chi connectivity index (χ3n) is 2.61. The first-order valence-electron chi connectivity index (χ1n) is 6.11. The van der Waals surface area contributed by atoms with Gasteiger partial charge in [0.1, 0.15) is 19.0 Å². The summed E-state index contributed by atoms with van der Waals surface area (Å²) >= 11 is 5.63. The van der Waals surface area contributed by atoms with Crippen molar-refractivity contribution in [2.24, 2.45) is 0 Å². The van der Waals surface area contributed by atoms with Crippen molar-refractivity contribution >= 4 is 17.6 Å². The van der Waals surface area contributed by atoms with Crippen LogP contribution in [0.25, 0.3) is 0 Å². The second kappa shape index (κ2) is 6.95. The van der Waals surface area contributed by atoms with E-state index in [1.54, 1.807) is 18.2 Å². The van der Waals surface area contributed by atoms with E-state index in [2.05, 4.69) is 0 Å². The molecular formula is C15H12ClFO4. The molecule has 0 saturated carbocycles. The number of hydrogen-bond acceptors (Lipinski definition) is 3. The molecule has 1 N–H and O–H groups in total. The molecule has 0 radical (unpaired) electrons. The number of aromatic carboxylic acids is 1. The van der Waals surface area contributed by atoms with Gasteiger partial charge in [0.2, 0.25) is 0 Å². The van der Waals surface area contributed by atoms with Gasteiger partial charge in [-0.3, -0.25) is 0 Å². The van der Waals surface area contributed by atoms with E-state index in [0.29, 0.717) is 5.75 Å². The topological polar surface area (TPSA) is 55.8 Å². The van der Waals surface area contributed by atoms with Crippen molar-refractivity contribution in [1.82, 2.24) is 0 Å². The van der Waals surface area contributed by atoms with Crippen molar-refractivity contribution < 1.29 is 23.8 Å². The van der Waals surface area contributed by atoms with Gasteiger partial charge in [-0.25, -0.2) is 9.18 Å². The van der Waals surface area contributed by atoms with Gasteiger partial charge in [-0.15, -0.1) is 0 Å². The van der Waals surface area contributed by atoms with Gasteiger partial charge < -0.3 is 14.6 Å². The molecule has 0 bridgehead atoms. The van der Waals surface area contributed by atoms with Gasteiger partial charge in [-0.2, -0.15) is 0 Å². The van der Waals surface area contributed by atoms with Crippen molar-refractivity contribution in [2.75, 3.05) is 13.2 Å². The molecule has 0 spiro atoms. The van der Waals surface area contributed by atoms with E-state index < -0.39 is 11.8 Å². The summed E-state index contributed by atoms with van der Waals surface area (Å²) in [6.07, 6.45) is 0. The summed E-state index contributed by atoms with van der Waals surface area (Å²) in [5.41, 5.74) is 0.134. The molecule has 110 valence electrons. The molecule has 0 aromatic heterocycles. The third kappa shape index (κ3) is 4.10. The van der Waals surface area contributed by atoms with Gasteiger partial charge in [-0.1, -0.05) is 23.7 Å². The molecule has 2 aromatic rings. The number of halogens is 2. The maximum absolute atomic E-state index is 13.5. The van der Waals surface area contributed by atoms with Crippen molar-refractivity contribution in [2.45, 2.75) is 0 Å². The lowest BCUT2D eigenvalue weighted by atomic mass is 10.2. The summed E-state index contributed by atoms with van der Waals surface area (Å²) in [4.78, 5) is 10.8. The van der Waals surface area contributed by atoms with Crippen molar-refractivity contribution in [3.8, 4) is 11.5 Å². The van der Waals surface area contributed by atoms with E-state index in [-0.39, 0.29) is 29.5 Å². The van der Waals surface area contributed by atoms with Crippen LogP contribution in [0, 0.1) is 5.82 Å². The molecular weight excluding hydrogens is 299 g/mol. The van der Waals surface area contributed by atoms with Crippen molar-refractivity contribution in [1.29, 1.82) is 0 Å².